The molecule has 1 aliphatic heterocycles. The van der Waals surface area contributed by atoms with Gasteiger partial charge in [-0.15, -0.1) is 0 Å². The second-order valence-electron chi connectivity index (χ2n) is 4.32. The van der Waals surface area contributed by atoms with Crippen LogP contribution in [0.3, 0.4) is 0 Å². The van der Waals surface area contributed by atoms with Gasteiger partial charge in [-0.25, -0.2) is 0 Å². The number of carboxylic acids is 1. The fourth-order valence-electron chi connectivity index (χ4n) is 2.05. The van der Waals surface area contributed by atoms with Crippen LogP contribution >= 0.6 is 11.6 Å². The Morgan fingerprint density at radius 2 is 2.26 bits per heavy atom. The van der Waals surface area contributed by atoms with Gasteiger partial charge in [0.2, 0.25) is 0 Å². The molecule has 0 radical (unpaired) electrons. The molecule has 2 unspecified atom stereocenters. The van der Waals surface area contributed by atoms with Gasteiger partial charge in [0.1, 0.15) is 5.92 Å². The number of hydrogen-bond acceptors (Lipinski definition) is 4. The molecule has 102 valence electrons. The molecule has 2 atom stereocenters. The molecule has 0 bridgehead atoms. The summed E-state index contributed by atoms with van der Waals surface area (Å²) < 4.78 is 5.15. The molecule has 6 nitrogen and oxygen atoms in total. The number of ether oxygens (including phenoxy) is 1. The third-order valence-electron chi connectivity index (χ3n) is 3.19. The summed E-state index contributed by atoms with van der Waals surface area (Å²) in [4.78, 5) is 28.5. The van der Waals surface area contributed by atoms with Gasteiger partial charge < -0.3 is 14.7 Å². The molecular weight excluding hydrogens is 272 g/mol. The molecule has 1 aliphatic rings. The van der Waals surface area contributed by atoms with E-state index >= 15 is 0 Å². The Hall–Kier alpha value is -1.66. The van der Waals surface area contributed by atoms with Crippen molar-refractivity contribution in [2.24, 2.45) is 5.92 Å². The standard InChI is InChI=1S/C12H13ClN2O4/c1-15(10-6-19-5-8(10)12(17)18)11(16)7-2-3-14-4-9(7)13/h2-4,8,10H,5-6H2,1H3,(H,17,18). The number of carbonyl (C=O) groups excluding carboxylic acids is 1. The van der Waals surface area contributed by atoms with Crippen molar-refractivity contribution in [2.45, 2.75) is 6.04 Å². The van der Waals surface area contributed by atoms with Crippen LogP contribution in [0, 0.1) is 5.92 Å². The highest BCUT2D eigenvalue weighted by Crippen LogP contribution is 2.22. The first kappa shape index (κ1) is 13.8. The minimum absolute atomic E-state index is 0.113. The summed E-state index contributed by atoms with van der Waals surface area (Å²) >= 11 is 5.91. The monoisotopic (exact) mass is 284 g/mol. The number of likely N-dealkylation sites (N-methyl/N-ethyl adjacent to an activating group) is 1. The summed E-state index contributed by atoms with van der Waals surface area (Å²) in [5.74, 6) is -2.02. The first-order chi connectivity index (χ1) is 9.02. The fourth-order valence-corrected chi connectivity index (χ4v) is 2.25. The molecule has 2 heterocycles. The number of halogens is 1. The molecule has 19 heavy (non-hydrogen) atoms. The van der Waals surface area contributed by atoms with Gasteiger partial charge >= 0.3 is 5.97 Å². The Morgan fingerprint density at radius 3 is 2.89 bits per heavy atom. The van der Waals surface area contributed by atoms with Gasteiger partial charge in [0.05, 0.1) is 29.8 Å². The first-order valence-electron chi connectivity index (χ1n) is 5.69. The molecule has 1 saturated heterocycles. The molecule has 1 aromatic rings. The van der Waals surface area contributed by atoms with Crippen LogP contribution < -0.4 is 0 Å². The molecule has 7 heteroatoms. The highest BCUT2D eigenvalue weighted by Gasteiger charge is 2.38. The lowest BCUT2D eigenvalue weighted by Crippen LogP contribution is -2.44. The highest BCUT2D eigenvalue weighted by molar-refractivity contribution is 6.33. The third-order valence-corrected chi connectivity index (χ3v) is 3.49. The smallest absolute Gasteiger partial charge is 0.311 e. The molecule has 0 aliphatic carbocycles. The maximum Gasteiger partial charge on any atom is 0.311 e. The van der Waals surface area contributed by atoms with Gasteiger partial charge in [-0.1, -0.05) is 11.6 Å². The number of rotatable bonds is 3. The molecule has 0 saturated carbocycles. The SMILES string of the molecule is CN(C(=O)c1ccncc1Cl)C1COCC1C(=O)O. The zero-order valence-corrected chi connectivity index (χ0v) is 11.0. The van der Waals surface area contributed by atoms with Crippen molar-refractivity contribution >= 4 is 23.5 Å². The number of aliphatic carboxylic acids is 1. The van der Waals surface area contributed by atoms with Crippen LogP contribution in [0.5, 0.6) is 0 Å². The van der Waals surface area contributed by atoms with E-state index in [0.29, 0.717) is 5.56 Å². The minimum atomic E-state index is -0.969. The molecule has 0 aromatic carbocycles. The average molecular weight is 285 g/mol. The van der Waals surface area contributed by atoms with Crippen LogP contribution in [0.2, 0.25) is 5.02 Å². The average Bonchev–Trinajstić information content (AvgIpc) is 2.87. The second-order valence-corrected chi connectivity index (χ2v) is 4.73. The number of pyridine rings is 1. The quantitative estimate of drug-likeness (QED) is 0.892. The molecule has 1 amide bonds. The molecule has 0 spiro atoms. The van der Waals surface area contributed by atoms with E-state index in [1.807, 2.05) is 0 Å². The fraction of sp³-hybridized carbons (Fsp3) is 0.417. The lowest BCUT2D eigenvalue weighted by Gasteiger charge is -2.26. The lowest BCUT2D eigenvalue weighted by molar-refractivity contribution is -0.142. The van der Waals surface area contributed by atoms with Crippen molar-refractivity contribution in [3.8, 4) is 0 Å². The van der Waals surface area contributed by atoms with Crippen molar-refractivity contribution in [2.75, 3.05) is 20.3 Å². The second kappa shape index (κ2) is 5.54. The van der Waals surface area contributed by atoms with E-state index in [1.54, 1.807) is 7.05 Å². The number of carbonyl (C=O) groups is 2. The van der Waals surface area contributed by atoms with Gasteiger partial charge in [0.15, 0.2) is 0 Å². The van der Waals surface area contributed by atoms with Crippen LogP contribution in [0.4, 0.5) is 0 Å². The van der Waals surface area contributed by atoms with Crippen LogP contribution in [-0.4, -0.2) is 53.2 Å². The van der Waals surface area contributed by atoms with E-state index in [1.165, 1.54) is 23.4 Å². The number of hydrogen-bond donors (Lipinski definition) is 1. The van der Waals surface area contributed by atoms with E-state index < -0.39 is 17.9 Å². The Balaban J connectivity index is 2.20. The molecule has 2 rings (SSSR count). The predicted octanol–water partition coefficient (Wildman–Crippen LogP) is 0.907. The number of carboxylic acid groups (broad SMARTS) is 1. The van der Waals surface area contributed by atoms with Crippen molar-refractivity contribution in [3.63, 3.8) is 0 Å². The van der Waals surface area contributed by atoms with Crippen molar-refractivity contribution in [1.82, 2.24) is 9.88 Å². The molecule has 1 fully saturated rings. The maximum atomic E-state index is 12.3. The van der Waals surface area contributed by atoms with E-state index in [9.17, 15) is 9.59 Å². The van der Waals surface area contributed by atoms with Crippen molar-refractivity contribution in [1.29, 1.82) is 0 Å². The highest BCUT2D eigenvalue weighted by atomic mass is 35.5. The van der Waals surface area contributed by atoms with Gasteiger partial charge in [0.25, 0.3) is 5.91 Å². The molecular formula is C12H13ClN2O4. The zero-order chi connectivity index (χ0) is 14.0. The van der Waals surface area contributed by atoms with Crippen LogP contribution in [0.25, 0.3) is 0 Å². The van der Waals surface area contributed by atoms with Crippen molar-refractivity contribution < 1.29 is 19.4 Å². The topological polar surface area (TPSA) is 79.7 Å². The first-order valence-corrected chi connectivity index (χ1v) is 6.07. The summed E-state index contributed by atoms with van der Waals surface area (Å²) in [5, 5.41) is 9.33. The van der Waals surface area contributed by atoms with E-state index in [4.69, 9.17) is 21.4 Å². The Labute approximate surface area is 114 Å². The van der Waals surface area contributed by atoms with Gasteiger partial charge in [-0.05, 0) is 6.07 Å². The largest absolute Gasteiger partial charge is 0.481 e. The molecule has 1 aromatic heterocycles. The Bertz CT molecular complexity index is 508. The number of amides is 1. The minimum Gasteiger partial charge on any atom is -0.481 e. The van der Waals surface area contributed by atoms with Gasteiger partial charge in [0, 0.05) is 19.4 Å². The normalized spacial score (nSPS) is 22.2. The third kappa shape index (κ3) is 2.69. The van der Waals surface area contributed by atoms with Crippen LogP contribution in [0.15, 0.2) is 18.5 Å². The summed E-state index contributed by atoms with van der Waals surface area (Å²) in [6, 6.07) is 1.02. The van der Waals surface area contributed by atoms with E-state index in [2.05, 4.69) is 4.98 Å². The summed E-state index contributed by atoms with van der Waals surface area (Å²) in [6.07, 6.45) is 2.84. The van der Waals surface area contributed by atoms with E-state index in [0.717, 1.165) is 0 Å². The van der Waals surface area contributed by atoms with Crippen LogP contribution in [-0.2, 0) is 9.53 Å². The van der Waals surface area contributed by atoms with E-state index in [-0.39, 0.29) is 24.1 Å². The summed E-state index contributed by atoms with van der Waals surface area (Å²) in [7, 11) is 1.55. The van der Waals surface area contributed by atoms with Gasteiger partial charge in [-0.2, -0.15) is 0 Å². The summed E-state index contributed by atoms with van der Waals surface area (Å²) in [6.45, 7) is 0.323. The Kier molecular flexibility index (Phi) is 4.01. The number of nitrogens with zero attached hydrogens (tertiary/aromatic N) is 2. The van der Waals surface area contributed by atoms with Gasteiger partial charge in [-0.3, -0.25) is 14.6 Å². The predicted molar refractivity (Wildman–Crippen MR) is 67.1 cm³/mol. The summed E-state index contributed by atoms with van der Waals surface area (Å²) in [5.41, 5.74) is 0.301. The zero-order valence-electron chi connectivity index (χ0n) is 10.2. The van der Waals surface area contributed by atoms with Crippen molar-refractivity contribution in [3.05, 3.63) is 29.0 Å². The van der Waals surface area contributed by atoms with Crippen LogP contribution in [0.1, 0.15) is 10.4 Å². The molecule has 1 N–H and O–H groups in total. The number of aromatic nitrogens is 1. The Morgan fingerprint density at radius 1 is 1.53 bits per heavy atom. The maximum absolute atomic E-state index is 12.3. The lowest BCUT2D eigenvalue weighted by atomic mass is 10.0.